The van der Waals surface area contributed by atoms with E-state index in [0.717, 1.165) is 6.54 Å². The van der Waals surface area contributed by atoms with E-state index in [-0.39, 0.29) is 12.1 Å². The SMILES string of the molecule is O=C(Nc1ccc(Cl)cc1Cl)N1CCNCC1COc1cccnc1. The van der Waals surface area contributed by atoms with Crippen molar-refractivity contribution in [1.82, 2.24) is 15.2 Å². The van der Waals surface area contributed by atoms with Crippen molar-refractivity contribution in [2.75, 3.05) is 31.6 Å². The molecule has 3 rings (SSSR count). The molecule has 0 radical (unpaired) electrons. The van der Waals surface area contributed by atoms with Crippen molar-refractivity contribution in [2.24, 2.45) is 0 Å². The van der Waals surface area contributed by atoms with Crippen molar-refractivity contribution in [3.63, 3.8) is 0 Å². The molecule has 8 heteroatoms. The predicted octanol–water partition coefficient (Wildman–Crippen LogP) is 3.27. The summed E-state index contributed by atoms with van der Waals surface area (Å²) in [6.45, 7) is 2.34. The summed E-state index contributed by atoms with van der Waals surface area (Å²) in [6, 6.07) is 8.29. The zero-order valence-corrected chi connectivity index (χ0v) is 14.9. The van der Waals surface area contributed by atoms with Crippen LogP contribution in [-0.4, -0.2) is 48.2 Å². The van der Waals surface area contributed by atoms with Crippen LogP contribution in [0.2, 0.25) is 10.0 Å². The van der Waals surface area contributed by atoms with E-state index in [1.165, 1.54) is 0 Å². The lowest BCUT2D eigenvalue weighted by Gasteiger charge is -2.36. The maximum Gasteiger partial charge on any atom is 0.322 e. The normalized spacial score (nSPS) is 17.2. The molecule has 2 amide bonds. The highest BCUT2D eigenvalue weighted by Crippen LogP contribution is 2.26. The summed E-state index contributed by atoms with van der Waals surface area (Å²) in [5, 5.41) is 7.04. The van der Waals surface area contributed by atoms with Crippen LogP contribution in [0.5, 0.6) is 5.75 Å². The first-order valence-electron chi connectivity index (χ1n) is 7.89. The number of amides is 2. The van der Waals surface area contributed by atoms with Gasteiger partial charge < -0.3 is 20.3 Å². The minimum Gasteiger partial charge on any atom is -0.490 e. The Balaban J connectivity index is 1.64. The Morgan fingerprint density at radius 1 is 1.40 bits per heavy atom. The first-order chi connectivity index (χ1) is 12.1. The molecule has 132 valence electrons. The lowest BCUT2D eigenvalue weighted by Crippen LogP contribution is -2.57. The topological polar surface area (TPSA) is 66.5 Å². The number of rotatable bonds is 4. The summed E-state index contributed by atoms with van der Waals surface area (Å²) in [5.41, 5.74) is 0.529. The summed E-state index contributed by atoms with van der Waals surface area (Å²) in [7, 11) is 0. The number of pyridine rings is 1. The van der Waals surface area contributed by atoms with Gasteiger partial charge >= 0.3 is 6.03 Å². The Bertz CT molecular complexity index is 730. The maximum absolute atomic E-state index is 12.7. The quantitative estimate of drug-likeness (QED) is 0.853. The smallest absolute Gasteiger partial charge is 0.322 e. The Labute approximate surface area is 156 Å². The average molecular weight is 381 g/mol. The molecule has 1 atom stereocenters. The molecule has 1 aromatic carbocycles. The van der Waals surface area contributed by atoms with Gasteiger partial charge in [-0.2, -0.15) is 0 Å². The lowest BCUT2D eigenvalue weighted by atomic mass is 10.2. The van der Waals surface area contributed by atoms with E-state index >= 15 is 0 Å². The Hall–Kier alpha value is -2.02. The Morgan fingerprint density at radius 3 is 3.04 bits per heavy atom. The van der Waals surface area contributed by atoms with Gasteiger partial charge in [-0.25, -0.2) is 4.79 Å². The number of hydrogen-bond donors (Lipinski definition) is 2. The summed E-state index contributed by atoms with van der Waals surface area (Å²) in [5.74, 6) is 0.675. The predicted molar refractivity (Wildman–Crippen MR) is 98.6 cm³/mol. The van der Waals surface area contributed by atoms with Crippen molar-refractivity contribution in [1.29, 1.82) is 0 Å². The fraction of sp³-hybridized carbons (Fsp3) is 0.294. The van der Waals surface area contributed by atoms with Crippen molar-refractivity contribution < 1.29 is 9.53 Å². The van der Waals surface area contributed by atoms with Crippen molar-refractivity contribution in [2.45, 2.75) is 6.04 Å². The zero-order chi connectivity index (χ0) is 17.6. The molecule has 2 heterocycles. The van der Waals surface area contributed by atoms with Gasteiger partial charge in [0.05, 0.1) is 22.9 Å². The number of urea groups is 1. The number of nitrogens with one attached hydrogen (secondary N) is 2. The molecule has 1 unspecified atom stereocenters. The largest absolute Gasteiger partial charge is 0.490 e. The van der Waals surface area contributed by atoms with E-state index in [1.54, 1.807) is 35.5 Å². The molecule has 0 spiro atoms. The van der Waals surface area contributed by atoms with Gasteiger partial charge in [0, 0.05) is 30.9 Å². The summed E-state index contributed by atoms with van der Waals surface area (Å²) in [4.78, 5) is 18.4. The molecular weight excluding hydrogens is 363 g/mol. The summed E-state index contributed by atoms with van der Waals surface area (Å²) >= 11 is 12.0. The van der Waals surface area contributed by atoms with E-state index in [9.17, 15) is 4.79 Å². The minimum atomic E-state index is -0.217. The van der Waals surface area contributed by atoms with Crippen molar-refractivity contribution in [3.8, 4) is 5.75 Å². The number of anilines is 1. The van der Waals surface area contributed by atoms with Gasteiger partial charge in [-0.1, -0.05) is 23.2 Å². The lowest BCUT2D eigenvalue weighted by molar-refractivity contribution is 0.133. The second-order valence-corrected chi connectivity index (χ2v) is 6.45. The highest BCUT2D eigenvalue weighted by Gasteiger charge is 2.27. The van der Waals surface area contributed by atoms with Gasteiger partial charge in [0.2, 0.25) is 0 Å². The highest BCUT2D eigenvalue weighted by atomic mass is 35.5. The number of carbonyl (C=O) groups is 1. The molecule has 2 aromatic rings. The molecule has 1 saturated heterocycles. The van der Waals surface area contributed by atoms with Gasteiger partial charge in [-0.15, -0.1) is 0 Å². The molecule has 0 saturated carbocycles. The van der Waals surface area contributed by atoms with Crippen molar-refractivity contribution in [3.05, 3.63) is 52.8 Å². The third-order valence-corrected chi connectivity index (χ3v) is 4.41. The van der Waals surface area contributed by atoms with Gasteiger partial charge in [-0.3, -0.25) is 4.98 Å². The summed E-state index contributed by atoms with van der Waals surface area (Å²) in [6.07, 6.45) is 3.33. The number of aromatic nitrogens is 1. The first kappa shape index (κ1) is 17.8. The number of nitrogens with zero attached hydrogens (tertiary/aromatic N) is 2. The molecule has 0 bridgehead atoms. The molecule has 1 aromatic heterocycles. The molecule has 2 N–H and O–H groups in total. The van der Waals surface area contributed by atoms with Gasteiger partial charge in [0.25, 0.3) is 0 Å². The number of piperazine rings is 1. The molecule has 1 aliphatic heterocycles. The third kappa shape index (κ3) is 4.75. The third-order valence-electron chi connectivity index (χ3n) is 3.86. The van der Waals surface area contributed by atoms with Crippen LogP contribution in [0.1, 0.15) is 0 Å². The molecule has 1 aliphatic rings. The van der Waals surface area contributed by atoms with Crippen molar-refractivity contribution >= 4 is 34.9 Å². The second-order valence-electron chi connectivity index (χ2n) is 5.61. The fourth-order valence-corrected chi connectivity index (χ4v) is 3.04. The molecule has 25 heavy (non-hydrogen) atoms. The summed E-state index contributed by atoms with van der Waals surface area (Å²) < 4.78 is 5.75. The number of benzene rings is 1. The van der Waals surface area contributed by atoms with Crippen LogP contribution in [0.3, 0.4) is 0 Å². The van der Waals surface area contributed by atoms with Gasteiger partial charge in [-0.05, 0) is 30.3 Å². The van der Waals surface area contributed by atoms with Crippen LogP contribution < -0.4 is 15.4 Å². The molecule has 6 nitrogen and oxygen atoms in total. The highest BCUT2D eigenvalue weighted by molar-refractivity contribution is 6.36. The van der Waals surface area contributed by atoms with Gasteiger partial charge in [0.1, 0.15) is 12.4 Å². The van der Waals surface area contributed by atoms with E-state index in [2.05, 4.69) is 15.6 Å². The maximum atomic E-state index is 12.7. The Morgan fingerprint density at radius 2 is 2.28 bits per heavy atom. The first-order valence-corrected chi connectivity index (χ1v) is 8.65. The van der Waals surface area contributed by atoms with Crippen LogP contribution in [0, 0.1) is 0 Å². The van der Waals surface area contributed by atoms with E-state index < -0.39 is 0 Å². The number of carbonyl (C=O) groups excluding carboxylic acids is 1. The fourth-order valence-electron chi connectivity index (χ4n) is 2.58. The van der Waals surface area contributed by atoms with Crippen LogP contribution in [0.4, 0.5) is 10.5 Å². The number of hydrogen-bond acceptors (Lipinski definition) is 4. The molecule has 0 aliphatic carbocycles. The van der Waals surface area contributed by atoms with Crippen LogP contribution in [0.15, 0.2) is 42.7 Å². The van der Waals surface area contributed by atoms with Crippen LogP contribution in [-0.2, 0) is 0 Å². The minimum absolute atomic E-state index is 0.0972. The average Bonchev–Trinajstić information content (AvgIpc) is 2.63. The Kier molecular flexibility index (Phi) is 5.96. The number of halogens is 2. The van der Waals surface area contributed by atoms with Gasteiger partial charge in [0.15, 0.2) is 0 Å². The zero-order valence-electron chi connectivity index (χ0n) is 13.4. The van der Waals surface area contributed by atoms with E-state index in [0.29, 0.717) is 41.2 Å². The van der Waals surface area contributed by atoms with E-state index in [1.807, 2.05) is 12.1 Å². The van der Waals surface area contributed by atoms with Crippen LogP contribution in [0.25, 0.3) is 0 Å². The molecule has 1 fully saturated rings. The monoisotopic (exact) mass is 380 g/mol. The standard InChI is InChI=1S/C17H18Cl2N4O2/c18-12-3-4-16(15(19)8-12)22-17(24)23-7-6-21-9-13(23)11-25-14-2-1-5-20-10-14/h1-5,8,10,13,21H,6-7,9,11H2,(H,22,24). The molecular formula is C17H18Cl2N4O2. The van der Waals surface area contributed by atoms with Crippen LogP contribution >= 0.6 is 23.2 Å². The number of ether oxygens (including phenoxy) is 1. The second kappa shape index (κ2) is 8.38. The van der Waals surface area contributed by atoms with E-state index in [4.69, 9.17) is 27.9 Å².